The van der Waals surface area contributed by atoms with Gasteiger partial charge in [0.05, 0.1) is 0 Å². The first kappa shape index (κ1) is 9.53. The summed E-state index contributed by atoms with van der Waals surface area (Å²) < 4.78 is 0. The average molecular weight is 195 g/mol. The van der Waals surface area contributed by atoms with Crippen molar-refractivity contribution in [2.45, 2.75) is 0 Å². The standard InChI is InChI=1S/C14H13N/c1-2-11-6-8-12(9-7-11)13-4-3-5-14(15)10-13/h2-10H,1,15H2. The van der Waals surface area contributed by atoms with Crippen molar-refractivity contribution in [3.8, 4) is 11.1 Å². The molecule has 1 heteroatoms. The van der Waals surface area contributed by atoms with Gasteiger partial charge in [-0.1, -0.05) is 49.1 Å². The molecule has 0 aliphatic rings. The SMILES string of the molecule is C=Cc1ccc(-c2cccc(N)c2)cc1. The van der Waals surface area contributed by atoms with Crippen LogP contribution in [0.2, 0.25) is 0 Å². The van der Waals surface area contributed by atoms with E-state index in [0.717, 1.165) is 16.8 Å². The smallest absolute Gasteiger partial charge is 0.0320 e. The molecule has 0 saturated carbocycles. The first-order valence-corrected chi connectivity index (χ1v) is 4.88. The molecule has 0 aromatic heterocycles. The minimum atomic E-state index is 0.792. The molecule has 1 nitrogen and oxygen atoms in total. The van der Waals surface area contributed by atoms with Crippen LogP contribution in [0.25, 0.3) is 17.2 Å². The molecule has 15 heavy (non-hydrogen) atoms. The van der Waals surface area contributed by atoms with Crippen molar-refractivity contribution >= 4 is 11.8 Å². The molecule has 0 aliphatic carbocycles. The second-order valence-corrected chi connectivity index (χ2v) is 3.45. The van der Waals surface area contributed by atoms with Crippen molar-refractivity contribution in [3.63, 3.8) is 0 Å². The minimum Gasteiger partial charge on any atom is -0.399 e. The summed E-state index contributed by atoms with van der Waals surface area (Å²) in [5.41, 5.74) is 9.97. The minimum absolute atomic E-state index is 0.792. The molecule has 0 amide bonds. The zero-order valence-corrected chi connectivity index (χ0v) is 8.48. The van der Waals surface area contributed by atoms with Gasteiger partial charge in [-0.2, -0.15) is 0 Å². The van der Waals surface area contributed by atoms with Gasteiger partial charge in [-0.15, -0.1) is 0 Å². The van der Waals surface area contributed by atoms with Crippen molar-refractivity contribution in [2.24, 2.45) is 0 Å². The van der Waals surface area contributed by atoms with Crippen LogP contribution in [-0.2, 0) is 0 Å². The Hall–Kier alpha value is -2.02. The van der Waals surface area contributed by atoms with Crippen molar-refractivity contribution < 1.29 is 0 Å². The summed E-state index contributed by atoms with van der Waals surface area (Å²) in [4.78, 5) is 0. The Morgan fingerprint density at radius 2 is 1.67 bits per heavy atom. The molecule has 0 radical (unpaired) electrons. The van der Waals surface area contributed by atoms with Crippen LogP contribution < -0.4 is 5.73 Å². The molecule has 0 fully saturated rings. The van der Waals surface area contributed by atoms with Crippen LogP contribution in [0.15, 0.2) is 55.1 Å². The summed E-state index contributed by atoms with van der Waals surface area (Å²) in [5, 5.41) is 0. The summed E-state index contributed by atoms with van der Waals surface area (Å²) in [6.45, 7) is 3.73. The molecule has 74 valence electrons. The highest BCUT2D eigenvalue weighted by atomic mass is 14.5. The van der Waals surface area contributed by atoms with Gasteiger partial charge in [0.25, 0.3) is 0 Å². The number of nitrogen functional groups attached to an aromatic ring is 1. The Kier molecular flexibility index (Phi) is 2.55. The van der Waals surface area contributed by atoms with Crippen molar-refractivity contribution in [2.75, 3.05) is 5.73 Å². The topological polar surface area (TPSA) is 26.0 Å². The fourth-order valence-electron chi connectivity index (χ4n) is 1.53. The summed E-state index contributed by atoms with van der Waals surface area (Å²) in [7, 11) is 0. The molecule has 2 aromatic rings. The average Bonchev–Trinajstić information content (AvgIpc) is 2.29. The molecule has 0 spiro atoms. The fourth-order valence-corrected chi connectivity index (χ4v) is 1.53. The Morgan fingerprint density at radius 3 is 2.27 bits per heavy atom. The zero-order valence-electron chi connectivity index (χ0n) is 8.48. The van der Waals surface area contributed by atoms with Crippen LogP contribution in [0, 0.1) is 0 Å². The molecular formula is C14H13N. The molecule has 0 saturated heterocycles. The Morgan fingerprint density at radius 1 is 0.933 bits per heavy atom. The maximum atomic E-state index is 5.74. The predicted molar refractivity (Wildman–Crippen MR) is 66.4 cm³/mol. The Balaban J connectivity index is 2.41. The number of hydrogen-bond acceptors (Lipinski definition) is 1. The van der Waals surface area contributed by atoms with Gasteiger partial charge in [0.15, 0.2) is 0 Å². The lowest BCUT2D eigenvalue weighted by molar-refractivity contribution is 1.60. The largest absolute Gasteiger partial charge is 0.399 e. The van der Waals surface area contributed by atoms with E-state index in [4.69, 9.17) is 5.73 Å². The lowest BCUT2D eigenvalue weighted by atomic mass is 10.0. The van der Waals surface area contributed by atoms with Crippen LogP contribution in [0.3, 0.4) is 0 Å². The molecule has 2 rings (SSSR count). The van der Waals surface area contributed by atoms with Crippen LogP contribution in [0.1, 0.15) is 5.56 Å². The van der Waals surface area contributed by atoms with Gasteiger partial charge in [-0.25, -0.2) is 0 Å². The number of benzene rings is 2. The van der Waals surface area contributed by atoms with E-state index in [-0.39, 0.29) is 0 Å². The predicted octanol–water partition coefficient (Wildman–Crippen LogP) is 3.58. The molecule has 0 bridgehead atoms. The first-order chi connectivity index (χ1) is 7.29. The lowest BCUT2D eigenvalue weighted by Gasteiger charge is -2.03. The molecule has 2 aromatic carbocycles. The van der Waals surface area contributed by atoms with Crippen molar-refractivity contribution in [1.29, 1.82) is 0 Å². The van der Waals surface area contributed by atoms with E-state index >= 15 is 0 Å². The maximum absolute atomic E-state index is 5.74. The molecule has 2 N–H and O–H groups in total. The van der Waals surface area contributed by atoms with E-state index in [1.807, 2.05) is 36.4 Å². The summed E-state index contributed by atoms with van der Waals surface area (Å²) in [6.07, 6.45) is 1.84. The lowest BCUT2D eigenvalue weighted by Crippen LogP contribution is -1.85. The molecule has 0 atom stereocenters. The Bertz CT molecular complexity index is 469. The molecule has 0 aliphatic heterocycles. The number of rotatable bonds is 2. The first-order valence-electron chi connectivity index (χ1n) is 4.88. The molecule has 0 heterocycles. The quantitative estimate of drug-likeness (QED) is 0.728. The third-order valence-corrected chi connectivity index (χ3v) is 2.37. The number of hydrogen-bond donors (Lipinski definition) is 1. The third-order valence-electron chi connectivity index (χ3n) is 2.37. The number of nitrogens with two attached hydrogens (primary N) is 1. The van der Waals surface area contributed by atoms with E-state index in [1.54, 1.807) is 0 Å². The summed E-state index contributed by atoms with van der Waals surface area (Å²) >= 11 is 0. The zero-order chi connectivity index (χ0) is 10.7. The van der Waals surface area contributed by atoms with E-state index in [0.29, 0.717) is 0 Å². The molecule has 0 unspecified atom stereocenters. The van der Waals surface area contributed by atoms with Crippen LogP contribution in [-0.4, -0.2) is 0 Å². The normalized spacial score (nSPS) is 9.87. The summed E-state index contributed by atoms with van der Waals surface area (Å²) in [5.74, 6) is 0. The van der Waals surface area contributed by atoms with Crippen molar-refractivity contribution in [1.82, 2.24) is 0 Å². The second-order valence-electron chi connectivity index (χ2n) is 3.45. The highest BCUT2D eigenvalue weighted by Gasteiger charge is 1.96. The van der Waals surface area contributed by atoms with Crippen LogP contribution in [0.4, 0.5) is 5.69 Å². The Labute approximate surface area is 89.9 Å². The fraction of sp³-hybridized carbons (Fsp3) is 0. The van der Waals surface area contributed by atoms with E-state index < -0.39 is 0 Å². The monoisotopic (exact) mass is 195 g/mol. The summed E-state index contributed by atoms with van der Waals surface area (Å²) in [6, 6.07) is 16.1. The second kappa shape index (κ2) is 4.01. The van der Waals surface area contributed by atoms with Gasteiger partial charge in [-0.3, -0.25) is 0 Å². The van der Waals surface area contributed by atoms with Crippen LogP contribution >= 0.6 is 0 Å². The van der Waals surface area contributed by atoms with E-state index in [2.05, 4.69) is 24.8 Å². The van der Waals surface area contributed by atoms with Crippen molar-refractivity contribution in [3.05, 3.63) is 60.7 Å². The van der Waals surface area contributed by atoms with Gasteiger partial charge in [0.2, 0.25) is 0 Å². The van der Waals surface area contributed by atoms with Gasteiger partial charge in [0, 0.05) is 5.69 Å². The highest BCUT2D eigenvalue weighted by molar-refractivity contribution is 5.68. The van der Waals surface area contributed by atoms with Gasteiger partial charge < -0.3 is 5.73 Å². The molecular weight excluding hydrogens is 182 g/mol. The van der Waals surface area contributed by atoms with E-state index in [9.17, 15) is 0 Å². The highest BCUT2D eigenvalue weighted by Crippen LogP contribution is 2.21. The van der Waals surface area contributed by atoms with Gasteiger partial charge in [0.1, 0.15) is 0 Å². The third kappa shape index (κ3) is 2.08. The van der Waals surface area contributed by atoms with E-state index in [1.165, 1.54) is 5.56 Å². The number of anilines is 1. The van der Waals surface area contributed by atoms with Gasteiger partial charge >= 0.3 is 0 Å². The van der Waals surface area contributed by atoms with Crippen LogP contribution in [0.5, 0.6) is 0 Å². The maximum Gasteiger partial charge on any atom is 0.0320 e. The van der Waals surface area contributed by atoms with Gasteiger partial charge in [-0.05, 0) is 28.8 Å².